The second kappa shape index (κ2) is 4.88. The lowest BCUT2D eigenvalue weighted by atomic mass is 10.2. The summed E-state index contributed by atoms with van der Waals surface area (Å²) < 4.78 is 18.2. The number of rotatable bonds is 2. The lowest BCUT2D eigenvalue weighted by Crippen LogP contribution is -2.35. The molecule has 3 rings (SSSR count). The fourth-order valence-corrected chi connectivity index (χ4v) is 2.03. The van der Waals surface area contributed by atoms with Gasteiger partial charge in [0.1, 0.15) is 11.6 Å². The Balaban J connectivity index is 1.82. The van der Waals surface area contributed by atoms with Gasteiger partial charge in [-0.3, -0.25) is 0 Å². The van der Waals surface area contributed by atoms with Gasteiger partial charge >= 0.3 is 0 Å². The highest BCUT2D eigenvalue weighted by Gasteiger charge is 2.18. The van der Waals surface area contributed by atoms with Crippen molar-refractivity contribution in [2.75, 3.05) is 19.8 Å². The number of H-pyrrole nitrogens is 1. The lowest BCUT2D eigenvalue weighted by molar-refractivity contribution is 0.0745. The van der Waals surface area contributed by atoms with Crippen molar-refractivity contribution in [2.24, 2.45) is 0 Å². The lowest BCUT2D eigenvalue weighted by Gasteiger charge is -2.21. The summed E-state index contributed by atoms with van der Waals surface area (Å²) >= 11 is 0. The number of ether oxygens (including phenoxy) is 1. The van der Waals surface area contributed by atoms with Crippen LogP contribution in [-0.2, 0) is 4.74 Å². The van der Waals surface area contributed by atoms with Gasteiger partial charge in [-0.25, -0.2) is 9.37 Å². The number of imidazole rings is 1. The van der Waals surface area contributed by atoms with E-state index in [0.29, 0.717) is 6.61 Å². The third-order valence-corrected chi connectivity index (χ3v) is 3.00. The van der Waals surface area contributed by atoms with Crippen molar-refractivity contribution in [3.05, 3.63) is 42.1 Å². The van der Waals surface area contributed by atoms with Crippen LogP contribution in [0.2, 0.25) is 0 Å². The number of hydrogen-bond acceptors (Lipinski definition) is 3. The second-order valence-corrected chi connectivity index (χ2v) is 4.27. The fourth-order valence-electron chi connectivity index (χ4n) is 2.03. The minimum absolute atomic E-state index is 0.105. The van der Waals surface area contributed by atoms with Crippen molar-refractivity contribution in [1.82, 2.24) is 15.3 Å². The Morgan fingerprint density at radius 2 is 2.11 bits per heavy atom. The first-order valence-corrected chi connectivity index (χ1v) is 5.95. The number of hydrogen-bond donors (Lipinski definition) is 2. The van der Waals surface area contributed by atoms with Crippen LogP contribution in [0.25, 0.3) is 11.3 Å². The highest BCUT2D eigenvalue weighted by atomic mass is 19.1. The van der Waals surface area contributed by atoms with E-state index in [1.807, 2.05) is 0 Å². The van der Waals surface area contributed by atoms with Crippen LogP contribution < -0.4 is 5.32 Å². The zero-order chi connectivity index (χ0) is 12.4. The first kappa shape index (κ1) is 11.4. The van der Waals surface area contributed by atoms with Crippen molar-refractivity contribution in [3.8, 4) is 11.3 Å². The summed E-state index contributed by atoms with van der Waals surface area (Å²) in [7, 11) is 0. The Labute approximate surface area is 104 Å². The standard InChI is InChI=1S/C13H14FN3O/c14-10-3-1-9(2-4-10)11-7-16-13(17-11)12-8-18-6-5-15-12/h1-4,7,12,15H,5-6,8H2,(H,16,17)/t12-/m0/s1. The molecule has 0 spiro atoms. The van der Waals surface area contributed by atoms with Gasteiger partial charge in [0.05, 0.1) is 31.1 Å². The van der Waals surface area contributed by atoms with Gasteiger partial charge in [0.25, 0.3) is 0 Å². The Kier molecular flexibility index (Phi) is 3.08. The molecule has 2 aromatic rings. The highest BCUT2D eigenvalue weighted by molar-refractivity contribution is 5.58. The molecule has 1 aliphatic rings. The molecule has 0 bridgehead atoms. The average molecular weight is 247 g/mol. The van der Waals surface area contributed by atoms with Crippen LogP contribution >= 0.6 is 0 Å². The van der Waals surface area contributed by atoms with E-state index < -0.39 is 0 Å². The van der Waals surface area contributed by atoms with Crippen LogP contribution in [0.3, 0.4) is 0 Å². The largest absolute Gasteiger partial charge is 0.378 e. The van der Waals surface area contributed by atoms with Crippen molar-refractivity contribution >= 4 is 0 Å². The molecule has 1 saturated heterocycles. The summed E-state index contributed by atoms with van der Waals surface area (Å²) in [5.74, 6) is 0.620. The number of aromatic nitrogens is 2. The van der Waals surface area contributed by atoms with Crippen LogP contribution in [0.1, 0.15) is 11.9 Å². The summed E-state index contributed by atoms with van der Waals surface area (Å²) in [6, 6.07) is 6.46. The first-order valence-electron chi connectivity index (χ1n) is 5.95. The Morgan fingerprint density at radius 1 is 1.28 bits per heavy atom. The normalized spacial score (nSPS) is 19.9. The number of benzene rings is 1. The Morgan fingerprint density at radius 3 is 2.83 bits per heavy atom. The molecular weight excluding hydrogens is 233 g/mol. The predicted molar refractivity (Wildman–Crippen MR) is 65.5 cm³/mol. The third-order valence-electron chi connectivity index (χ3n) is 3.00. The quantitative estimate of drug-likeness (QED) is 0.851. The minimum Gasteiger partial charge on any atom is -0.378 e. The third kappa shape index (κ3) is 2.27. The highest BCUT2D eigenvalue weighted by Crippen LogP contribution is 2.20. The molecule has 1 atom stereocenters. The second-order valence-electron chi connectivity index (χ2n) is 4.27. The molecule has 0 unspecified atom stereocenters. The monoisotopic (exact) mass is 247 g/mol. The van der Waals surface area contributed by atoms with Gasteiger partial charge in [-0.05, 0) is 29.8 Å². The maximum Gasteiger partial charge on any atom is 0.126 e. The van der Waals surface area contributed by atoms with Crippen LogP contribution in [-0.4, -0.2) is 29.7 Å². The summed E-state index contributed by atoms with van der Waals surface area (Å²) in [4.78, 5) is 7.59. The molecule has 18 heavy (non-hydrogen) atoms. The first-order chi connectivity index (χ1) is 8.83. The van der Waals surface area contributed by atoms with Crippen molar-refractivity contribution in [3.63, 3.8) is 0 Å². The van der Waals surface area contributed by atoms with Gasteiger partial charge in [0.2, 0.25) is 0 Å². The molecule has 0 aliphatic carbocycles. The summed E-state index contributed by atoms with van der Waals surface area (Å²) in [6.07, 6.45) is 1.76. The van der Waals surface area contributed by atoms with E-state index in [0.717, 1.165) is 30.2 Å². The Bertz CT molecular complexity index is 517. The van der Waals surface area contributed by atoms with Gasteiger partial charge in [-0.2, -0.15) is 0 Å². The van der Waals surface area contributed by atoms with Crippen molar-refractivity contribution in [1.29, 1.82) is 0 Å². The van der Waals surface area contributed by atoms with Gasteiger partial charge in [-0.1, -0.05) is 0 Å². The summed E-state index contributed by atoms with van der Waals surface area (Å²) in [5, 5.41) is 3.33. The topological polar surface area (TPSA) is 49.9 Å². The predicted octanol–water partition coefficient (Wildman–Crippen LogP) is 1.88. The minimum atomic E-state index is -0.235. The smallest absolute Gasteiger partial charge is 0.126 e. The number of aromatic amines is 1. The maximum absolute atomic E-state index is 12.8. The molecule has 0 amide bonds. The van der Waals surface area contributed by atoms with Gasteiger partial charge in [0.15, 0.2) is 0 Å². The molecule has 1 aliphatic heterocycles. The average Bonchev–Trinajstić information content (AvgIpc) is 2.90. The molecule has 0 radical (unpaired) electrons. The molecule has 5 heteroatoms. The number of nitrogens with one attached hydrogen (secondary N) is 2. The molecule has 2 heterocycles. The zero-order valence-electron chi connectivity index (χ0n) is 9.82. The molecule has 0 saturated carbocycles. The molecular formula is C13H14FN3O. The SMILES string of the molecule is Fc1ccc(-c2cnc([C@@H]3COCCN3)[nH]2)cc1. The van der Waals surface area contributed by atoms with E-state index in [4.69, 9.17) is 4.74 Å². The van der Waals surface area contributed by atoms with E-state index in [1.54, 1.807) is 18.3 Å². The molecule has 1 aromatic carbocycles. The van der Waals surface area contributed by atoms with E-state index in [1.165, 1.54) is 12.1 Å². The molecule has 94 valence electrons. The van der Waals surface area contributed by atoms with E-state index in [-0.39, 0.29) is 11.9 Å². The van der Waals surface area contributed by atoms with E-state index in [9.17, 15) is 4.39 Å². The van der Waals surface area contributed by atoms with Gasteiger partial charge in [-0.15, -0.1) is 0 Å². The molecule has 1 fully saturated rings. The molecule has 1 aromatic heterocycles. The number of halogens is 1. The van der Waals surface area contributed by atoms with Crippen molar-refractivity contribution in [2.45, 2.75) is 6.04 Å². The van der Waals surface area contributed by atoms with E-state index >= 15 is 0 Å². The van der Waals surface area contributed by atoms with Crippen LogP contribution in [0.15, 0.2) is 30.5 Å². The number of morpholine rings is 1. The van der Waals surface area contributed by atoms with Crippen LogP contribution in [0.5, 0.6) is 0 Å². The van der Waals surface area contributed by atoms with Gasteiger partial charge < -0.3 is 15.0 Å². The Hall–Kier alpha value is -1.72. The van der Waals surface area contributed by atoms with Crippen LogP contribution in [0.4, 0.5) is 4.39 Å². The van der Waals surface area contributed by atoms with Crippen molar-refractivity contribution < 1.29 is 9.13 Å². The maximum atomic E-state index is 12.8. The van der Waals surface area contributed by atoms with Gasteiger partial charge in [0, 0.05) is 6.54 Å². The summed E-state index contributed by atoms with van der Waals surface area (Å²) in [5.41, 5.74) is 1.81. The fraction of sp³-hybridized carbons (Fsp3) is 0.308. The molecule has 2 N–H and O–H groups in total. The van der Waals surface area contributed by atoms with E-state index in [2.05, 4.69) is 15.3 Å². The zero-order valence-corrected chi connectivity index (χ0v) is 9.82. The number of nitrogens with zero attached hydrogens (tertiary/aromatic N) is 1. The summed E-state index contributed by atoms with van der Waals surface area (Å²) in [6.45, 7) is 2.19. The van der Waals surface area contributed by atoms with Crippen LogP contribution in [0, 0.1) is 5.82 Å². The molecule has 4 nitrogen and oxygen atoms in total.